The molecule has 0 bridgehead atoms. The van der Waals surface area contributed by atoms with Crippen molar-refractivity contribution in [1.82, 2.24) is 0 Å². The molecule has 0 saturated carbocycles. The molecule has 0 heterocycles. The summed E-state index contributed by atoms with van der Waals surface area (Å²) in [5.41, 5.74) is 5.56. The number of halogens is 1. The fourth-order valence-electron chi connectivity index (χ4n) is 2.34. The first-order valence-electron chi connectivity index (χ1n) is 7.67. The minimum Gasteiger partial charge on any atom is -0.486 e. The third-order valence-corrected chi connectivity index (χ3v) is 3.67. The van der Waals surface area contributed by atoms with Gasteiger partial charge in [0.15, 0.2) is 0 Å². The first-order valence-corrected chi connectivity index (χ1v) is 7.67. The normalized spacial score (nSPS) is 14.6. The number of benzene rings is 1. The molecular weight excluding hydrogens is 302 g/mol. The quantitative estimate of drug-likeness (QED) is 0.741. The number of hydrogen-bond donors (Lipinski definition) is 1. The lowest BCUT2D eigenvalue weighted by atomic mass is 9.93. The highest BCUT2D eigenvalue weighted by Crippen LogP contribution is 2.24. The molecule has 1 aromatic carbocycles. The van der Waals surface area contributed by atoms with Crippen LogP contribution in [0.3, 0.4) is 0 Å². The zero-order valence-corrected chi connectivity index (χ0v) is 14.6. The number of nitrogens with two attached hydrogens (primary N) is 1. The average molecular weight is 330 g/mol. The van der Waals surface area contributed by atoms with Crippen molar-refractivity contribution in [2.24, 2.45) is 11.7 Å². The average Bonchev–Trinajstić information content (AvgIpc) is 2.48. The smallest absolute Gasteiger partial charge is 0.323 e. The summed E-state index contributed by atoms with van der Waals surface area (Å²) in [4.78, 5) is 11.7. The van der Waals surface area contributed by atoms with Crippen molar-refractivity contribution in [3.63, 3.8) is 0 Å². The van der Waals surface area contributed by atoms with Gasteiger partial charge in [-0.05, 0) is 44.7 Å². The molecule has 0 aliphatic carbocycles. The van der Waals surface area contributed by atoms with Crippen molar-refractivity contribution < 1.29 is 14.3 Å². The first kappa shape index (κ1) is 20.7. The number of carbonyl (C=O) groups is 1. The van der Waals surface area contributed by atoms with Crippen molar-refractivity contribution in [3.8, 4) is 5.75 Å². The van der Waals surface area contributed by atoms with Gasteiger partial charge in [-0.25, -0.2) is 0 Å². The Hall–Kier alpha value is -1.26. The summed E-state index contributed by atoms with van der Waals surface area (Å²) in [6, 6.07) is 9.01. The van der Waals surface area contributed by atoms with Gasteiger partial charge >= 0.3 is 5.97 Å². The molecule has 0 unspecified atom stereocenters. The Balaban J connectivity index is 0.00000441. The third kappa shape index (κ3) is 6.24. The van der Waals surface area contributed by atoms with Crippen LogP contribution in [0.25, 0.3) is 0 Å². The number of ether oxygens (including phenoxy) is 2. The van der Waals surface area contributed by atoms with E-state index in [1.54, 1.807) is 6.92 Å². The molecule has 126 valence electrons. The lowest BCUT2D eigenvalue weighted by Crippen LogP contribution is -2.42. The van der Waals surface area contributed by atoms with E-state index in [0.717, 1.165) is 18.6 Å². The van der Waals surface area contributed by atoms with Crippen molar-refractivity contribution in [3.05, 3.63) is 30.3 Å². The van der Waals surface area contributed by atoms with Gasteiger partial charge in [-0.1, -0.05) is 32.0 Å². The molecule has 0 aliphatic rings. The minimum absolute atomic E-state index is 0. The Labute approximate surface area is 139 Å². The Bertz CT molecular complexity index is 421. The predicted molar refractivity (Wildman–Crippen MR) is 91.4 cm³/mol. The first-order chi connectivity index (χ1) is 9.99. The molecule has 5 heteroatoms. The highest BCUT2D eigenvalue weighted by atomic mass is 35.5. The fraction of sp³-hybridized carbons (Fsp3) is 0.588. The maximum absolute atomic E-state index is 11.7. The summed E-state index contributed by atoms with van der Waals surface area (Å²) in [5.74, 6) is 0.717. The van der Waals surface area contributed by atoms with Crippen LogP contribution >= 0.6 is 12.4 Å². The van der Waals surface area contributed by atoms with Crippen LogP contribution in [0.2, 0.25) is 0 Å². The van der Waals surface area contributed by atoms with Crippen molar-refractivity contribution >= 4 is 18.4 Å². The lowest BCUT2D eigenvalue weighted by molar-refractivity contribution is -0.155. The van der Waals surface area contributed by atoms with E-state index in [4.69, 9.17) is 15.2 Å². The van der Waals surface area contributed by atoms with Crippen LogP contribution in [0.4, 0.5) is 0 Å². The zero-order valence-electron chi connectivity index (χ0n) is 13.8. The molecule has 0 fully saturated rings. The molecular formula is C17H28ClNO3. The van der Waals surface area contributed by atoms with Crippen molar-refractivity contribution in [2.75, 3.05) is 0 Å². The molecule has 3 atom stereocenters. The van der Waals surface area contributed by atoms with Gasteiger partial charge in [-0.15, -0.1) is 12.4 Å². The molecule has 0 amide bonds. The van der Waals surface area contributed by atoms with E-state index in [2.05, 4.69) is 13.8 Å². The second-order valence-electron chi connectivity index (χ2n) is 5.40. The van der Waals surface area contributed by atoms with Gasteiger partial charge in [0.25, 0.3) is 0 Å². The monoisotopic (exact) mass is 329 g/mol. The van der Waals surface area contributed by atoms with Gasteiger partial charge in [0, 0.05) is 0 Å². The Morgan fingerprint density at radius 3 is 2.14 bits per heavy atom. The highest BCUT2D eigenvalue weighted by Gasteiger charge is 2.30. The summed E-state index contributed by atoms with van der Waals surface area (Å²) >= 11 is 0. The van der Waals surface area contributed by atoms with Crippen molar-refractivity contribution in [2.45, 2.75) is 58.8 Å². The molecule has 2 N–H and O–H groups in total. The van der Waals surface area contributed by atoms with E-state index >= 15 is 0 Å². The number of para-hydroxylation sites is 1. The molecule has 0 aliphatic heterocycles. The van der Waals surface area contributed by atoms with Crippen LogP contribution in [0.5, 0.6) is 5.75 Å². The maximum atomic E-state index is 11.7. The molecule has 22 heavy (non-hydrogen) atoms. The van der Waals surface area contributed by atoms with Crippen LogP contribution < -0.4 is 10.5 Å². The van der Waals surface area contributed by atoms with E-state index < -0.39 is 12.0 Å². The molecule has 1 aromatic rings. The largest absolute Gasteiger partial charge is 0.486 e. The van der Waals surface area contributed by atoms with Gasteiger partial charge < -0.3 is 15.2 Å². The topological polar surface area (TPSA) is 61.5 Å². The molecule has 0 spiro atoms. The van der Waals surface area contributed by atoms with Gasteiger partial charge in [0.05, 0.1) is 0 Å². The van der Waals surface area contributed by atoms with Crippen LogP contribution in [0.1, 0.15) is 40.5 Å². The van der Waals surface area contributed by atoms with Crippen LogP contribution in [-0.2, 0) is 9.53 Å². The molecule has 4 nitrogen and oxygen atoms in total. The van der Waals surface area contributed by atoms with E-state index in [0.29, 0.717) is 5.92 Å². The lowest BCUT2D eigenvalue weighted by Gasteiger charge is -2.31. The summed E-state index contributed by atoms with van der Waals surface area (Å²) in [6.45, 7) is 7.73. The minimum atomic E-state index is -0.619. The summed E-state index contributed by atoms with van der Waals surface area (Å²) in [5, 5.41) is 0. The third-order valence-electron chi connectivity index (χ3n) is 3.67. The SMILES string of the molecule is CCC(CC)[C@@H](Oc1ccccc1)[C@H](C)OC(=O)[C@H](C)N.Cl. The number of esters is 1. The zero-order chi connectivity index (χ0) is 15.8. The maximum Gasteiger partial charge on any atom is 0.323 e. The number of carbonyl (C=O) groups excluding carboxylic acids is 1. The van der Waals surface area contributed by atoms with E-state index in [-0.39, 0.29) is 24.6 Å². The Morgan fingerprint density at radius 2 is 1.68 bits per heavy atom. The summed E-state index contributed by atoms with van der Waals surface area (Å²) in [7, 11) is 0. The standard InChI is InChI=1S/C17H27NO3.ClH/c1-5-14(6-2)16(13(4)20-17(19)12(3)18)21-15-10-8-7-9-11-15;/h7-14,16H,5-6,18H2,1-4H3;1H/t12-,13-,16-;/m0./s1. The molecule has 0 saturated heterocycles. The van der Waals surface area contributed by atoms with Gasteiger partial charge in [-0.2, -0.15) is 0 Å². The van der Waals surface area contributed by atoms with Crippen molar-refractivity contribution in [1.29, 1.82) is 0 Å². The van der Waals surface area contributed by atoms with Crippen LogP contribution in [0, 0.1) is 5.92 Å². The second-order valence-corrected chi connectivity index (χ2v) is 5.40. The highest BCUT2D eigenvalue weighted by molar-refractivity contribution is 5.85. The Morgan fingerprint density at radius 1 is 1.14 bits per heavy atom. The van der Waals surface area contributed by atoms with Crippen LogP contribution in [0.15, 0.2) is 30.3 Å². The number of hydrogen-bond acceptors (Lipinski definition) is 4. The van der Waals surface area contributed by atoms with Gasteiger partial charge in [-0.3, -0.25) is 4.79 Å². The van der Waals surface area contributed by atoms with Gasteiger partial charge in [0.2, 0.25) is 0 Å². The molecule has 0 radical (unpaired) electrons. The summed E-state index contributed by atoms with van der Waals surface area (Å²) < 4.78 is 11.5. The Kier molecular flexibility index (Phi) is 9.86. The van der Waals surface area contributed by atoms with E-state index in [9.17, 15) is 4.79 Å². The summed E-state index contributed by atoms with van der Waals surface area (Å²) in [6.07, 6.45) is 1.42. The fourth-order valence-corrected chi connectivity index (χ4v) is 2.34. The van der Waals surface area contributed by atoms with E-state index in [1.807, 2.05) is 37.3 Å². The van der Waals surface area contributed by atoms with Gasteiger partial charge in [0.1, 0.15) is 24.0 Å². The predicted octanol–water partition coefficient (Wildman–Crippen LogP) is 3.57. The van der Waals surface area contributed by atoms with Crippen LogP contribution in [-0.4, -0.2) is 24.2 Å². The molecule has 1 rings (SSSR count). The number of rotatable bonds is 8. The molecule has 0 aromatic heterocycles. The second kappa shape index (κ2) is 10.5. The van der Waals surface area contributed by atoms with E-state index in [1.165, 1.54) is 0 Å².